The van der Waals surface area contributed by atoms with E-state index in [-0.39, 0.29) is 12.4 Å². The van der Waals surface area contributed by atoms with Gasteiger partial charge in [-0.05, 0) is 62.0 Å². The van der Waals surface area contributed by atoms with Crippen molar-refractivity contribution in [2.24, 2.45) is 5.41 Å². The molecule has 2 aliphatic heterocycles. The maximum Gasteiger partial charge on any atom is 0.147 e. The molecule has 0 saturated carbocycles. The zero-order valence-corrected chi connectivity index (χ0v) is 21.0. The third-order valence-electron chi connectivity index (χ3n) is 7.40. The van der Waals surface area contributed by atoms with Gasteiger partial charge in [0, 0.05) is 43.4 Å². The standard InChI is InChI=1S/C26H26N6S.ClH/c1-16-4-3-8-29-23(16)22-19-6-5-18(24-17(2)30-15-33-24)10-21(19)31-25(20(22)11-27)32-9-7-26(14-32)12-28-13-26;/h3-4,8,10,15,28H,5-7,9,12-14H2,1-2H3;1H. The van der Waals surface area contributed by atoms with Gasteiger partial charge in [0.05, 0.1) is 27.5 Å². The monoisotopic (exact) mass is 490 g/mol. The molecule has 34 heavy (non-hydrogen) atoms. The molecule has 6 rings (SSSR count). The third-order valence-corrected chi connectivity index (χ3v) is 8.40. The summed E-state index contributed by atoms with van der Waals surface area (Å²) in [5.41, 5.74) is 10.3. The molecule has 6 nitrogen and oxygen atoms in total. The molecule has 0 radical (unpaired) electrons. The summed E-state index contributed by atoms with van der Waals surface area (Å²) in [6, 6.07) is 6.57. The number of nitriles is 1. The van der Waals surface area contributed by atoms with Crippen LogP contribution in [0.3, 0.4) is 0 Å². The molecule has 8 heteroatoms. The second kappa shape index (κ2) is 8.77. The van der Waals surface area contributed by atoms with Crippen LogP contribution in [-0.4, -0.2) is 41.1 Å². The Morgan fingerprint density at radius 3 is 2.71 bits per heavy atom. The highest BCUT2D eigenvalue weighted by atomic mass is 35.5. The number of aromatic nitrogens is 3. The van der Waals surface area contributed by atoms with Crippen molar-refractivity contribution in [1.82, 2.24) is 20.3 Å². The minimum absolute atomic E-state index is 0. The number of hydrogen-bond acceptors (Lipinski definition) is 7. The lowest BCUT2D eigenvalue weighted by molar-refractivity contribution is 0.199. The van der Waals surface area contributed by atoms with Crippen LogP contribution in [0, 0.1) is 30.6 Å². The number of nitrogens with zero attached hydrogens (tertiary/aromatic N) is 5. The number of pyridine rings is 2. The van der Waals surface area contributed by atoms with Crippen molar-refractivity contribution in [3.63, 3.8) is 0 Å². The molecule has 0 bridgehead atoms. The molecule has 1 N–H and O–H groups in total. The maximum atomic E-state index is 10.4. The summed E-state index contributed by atoms with van der Waals surface area (Å²) in [6.07, 6.45) is 6.95. The first-order valence-corrected chi connectivity index (χ1v) is 12.4. The fourth-order valence-corrected chi connectivity index (χ4v) is 6.37. The first kappa shape index (κ1) is 23.0. The van der Waals surface area contributed by atoms with Gasteiger partial charge in [0.1, 0.15) is 17.5 Å². The Labute approximate surface area is 210 Å². The second-order valence-electron chi connectivity index (χ2n) is 9.54. The van der Waals surface area contributed by atoms with Crippen LogP contribution in [0.5, 0.6) is 0 Å². The van der Waals surface area contributed by atoms with Crippen LogP contribution in [-0.2, 0) is 6.42 Å². The Morgan fingerprint density at radius 2 is 2.06 bits per heavy atom. The molecule has 3 aromatic heterocycles. The number of nitrogens with one attached hydrogen (secondary N) is 1. The van der Waals surface area contributed by atoms with Crippen molar-refractivity contribution in [1.29, 1.82) is 5.26 Å². The molecular formula is C26H27ClN6S. The van der Waals surface area contributed by atoms with E-state index in [2.05, 4.69) is 47.3 Å². The lowest BCUT2D eigenvalue weighted by Gasteiger charge is -2.39. The number of fused-ring (bicyclic) bond motifs is 1. The number of aryl methyl sites for hydroxylation is 2. The van der Waals surface area contributed by atoms with Crippen molar-refractivity contribution in [2.45, 2.75) is 33.1 Å². The third kappa shape index (κ3) is 3.61. The Balaban J connectivity index is 0.00000241. The Hall–Kier alpha value is -2.79. The molecular weight excluding hydrogens is 464 g/mol. The van der Waals surface area contributed by atoms with E-state index in [4.69, 9.17) is 9.97 Å². The first-order chi connectivity index (χ1) is 16.1. The number of hydrogen-bond donors (Lipinski definition) is 1. The summed E-state index contributed by atoms with van der Waals surface area (Å²) < 4.78 is 0. The van der Waals surface area contributed by atoms with E-state index in [1.807, 2.05) is 17.8 Å². The van der Waals surface area contributed by atoms with Crippen LogP contribution >= 0.6 is 23.7 Å². The van der Waals surface area contributed by atoms with Crippen LogP contribution in [0.4, 0.5) is 5.82 Å². The van der Waals surface area contributed by atoms with E-state index < -0.39 is 0 Å². The minimum atomic E-state index is 0. The molecule has 0 atom stereocenters. The average molecular weight is 491 g/mol. The number of allylic oxidation sites excluding steroid dienone is 1. The molecule has 3 aliphatic rings. The molecule has 0 aromatic carbocycles. The summed E-state index contributed by atoms with van der Waals surface area (Å²) in [4.78, 5) is 17.9. The van der Waals surface area contributed by atoms with E-state index in [1.165, 1.54) is 10.5 Å². The summed E-state index contributed by atoms with van der Waals surface area (Å²) in [7, 11) is 0. The SMILES string of the molecule is Cc1cccnc1-c1c(C#N)c(N2CCC3(CNC3)C2)nc2c1CCC(c1scnc1C)=C2.Cl. The van der Waals surface area contributed by atoms with E-state index in [1.54, 1.807) is 11.3 Å². The Morgan fingerprint density at radius 1 is 1.21 bits per heavy atom. The van der Waals surface area contributed by atoms with Crippen LogP contribution in [0.1, 0.15) is 45.8 Å². The van der Waals surface area contributed by atoms with Gasteiger partial charge in [-0.1, -0.05) is 6.07 Å². The number of rotatable bonds is 3. The van der Waals surface area contributed by atoms with E-state index >= 15 is 0 Å². The van der Waals surface area contributed by atoms with Crippen LogP contribution < -0.4 is 10.2 Å². The summed E-state index contributed by atoms with van der Waals surface area (Å²) in [5.74, 6) is 0.818. The number of halogens is 1. The van der Waals surface area contributed by atoms with Gasteiger partial charge in [-0.25, -0.2) is 9.97 Å². The van der Waals surface area contributed by atoms with Crippen molar-refractivity contribution in [3.05, 3.63) is 56.8 Å². The highest BCUT2D eigenvalue weighted by Crippen LogP contribution is 2.44. The van der Waals surface area contributed by atoms with E-state index in [0.29, 0.717) is 11.0 Å². The van der Waals surface area contributed by atoms with Crippen LogP contribution in [0.15, 0.2) is 23.8 Å². The molecule has 174 valence electrons. The lowest BCUT2D eigenvalue weighted by Crippen LogP contribution is -2.54. The molecule has 0 amide bonds. The lowest BCUT2D eigenvalue weighted by atomic mass is 9.81. The van der Waals surface area contributed by atoms with Gasteiger partial charge < -0.3 is 10.2 Å². The first-order valence-electron chi connectivity index (χ1n) is 11.5. The summed E-state index contributed by atoms with van der Waals surface area (Å²) in [6.45, 7) is 8.14. The molecule has 3 aromatic rings. The van der Waals surface area contributed by atoms with Crippen molar-refractivity contribution in [3.8, 4) is 17.3 Å². The van der Waals surface area contributed by atoms with E-state index in [9.17, 15) is 5.26 Å². The predicted molar refractivity (Wildman–Crippen MR) is 139 cm³/mol. The van der Waals surface area contributed by atoms with Crippen molar-refractivity contribution < 1.29 is 0 Å². The maximum absolute atomic E-state index is 10.4. The van der Waals surface area contributed by atoms with Gasteiger partial charge in [-0.15, -0.1) is 23.7 Å². The van der Waals surface area contributed by atoms with Gasteiger partial charge >= 0.3 is 0 Å². The normalized spacial score (nSPS) is 18.0. The predicted octanol–water partition coefficient (Wildman–Crippen LogP) is 4.80. The van der Waals surface area contributed by atoms with Gasteiger partial charge in [-0.3, -0.25) is 4.98 Å². The number of anilines is 1. The molecule has 1 aliphatic carbocycles. The van der Waals surface area contributed by atoms with Gasteiger partial charge in [0.15, 0.2) is 0 Å². The Kier molecular flexibility index (Phi) is 5.93. The summed E-state index contributed by atoms with van der Waals surface area (Å²) in [5, 5.41) is 13.8. The van der Waals surface area contributed by atoms with E-state index in [0.717, 1.165) is 85.0 Å². The Bertz CT molecular complexity index is 1330. The fourth-order valence-electron chi connectivity index (χ4n) is 5.51. The smallest absolute Gasteiger partial charge is 0.147 e. The topological polar surface area (TPSA) is 77.7 Å². The van der Waals surface area contributed by atoms with Crippen LogP contribution in [0.2, 0.25) is 0 Å². The van der Waals surface area contributed by atoms with Gasteiger partial charge in [-0.2, -0.15) is 5.26 Å². The molecule has 2 saturated heterocycles. The second-order valence-corrected chi connectivity index (χ2v) is 10.4. The highest BCUT2D eigenvalue weighted by Gasteiger charge is 2.44. The molecule has 2 fully saturated rings. The zero-order chi connectivity index (χ0) is 22.6. The van der Waals surface area contributed by atoms with Crippen molar-refractivity contribution in [2.75, 3.05) is 31.1 Å². The van der Waals surface area contributed by atoms with Gasteiger partial charge in [0.2, 0.25) is 0 Å². The van der Waals surface area contributed by atoms with Crippen molar-refractivity contribution >= 4 is 41.2 Å². The average Bonchev–Trinajstić information content (AvgIpc) is 3.45. The quantitative estimate of drug-likeness (QED) is 0.568. The molecule has 5 heterocycles. The largest absolute Gasteiger partial charge is 0.355 e. The van der Waals surface area contributed by atoms with Crippen LogP contribution in [0.25, 0.3) is 22.9 Å². The molecule has 1 spiro atoms. The molecule has 0 unspecified atom stereocenters. The zero-order valence-electron chi connectivity index (χ0n) is 19.4. The summed E-state index contributed by atoms with van der Waals surface area (Å²) >= 11 is 1.69. The highest BCUT2D eigenvalue weighted by molar-refractivity contribution is 7.11. The minimum Gasteiger partial charge on any atom is -0.355 e. The fraction of sp³-hybridized carbons (Fsp3) is 0.385. The number of thiazole rings is 1. The van der Waals surface area contributed by atoms with Gasteiger partial charge in [0.25, 0.3) is 0 Å².